The number of rotatable bonds is 20. The second kappa shape index (κ2) is 16.5. The predicted octanol–water partition coefficient (Wildman–Crippen LogP) is 5.37. The van der Waals surface area contributed by atoms with Gasteiger partial charge in [0.1, 0.15) is 0 Å². The van der Waals surface area contributed by atoms with E-state index in [-0.39, 0.29) is 25.0 Å². The molecule has 43 heavy (non-hydrogen) atoms. The summed E-state index contributed by atoms with van der Waals surface area (Å²) in [6, 6.07) is 20.1. The summed E-state index contributed by atoms with van der Waals surface area (Å²) in [6.45, 7) is -0.535. The van der Waals surface area contributed by atoms with Gasteiger partial charge in [-0.05, 0) is 62.5 Å². The van der Waals surface area contributed by atoms with Crippen molar-refractivity contribution in [3.05, 3.63) is 108 Å². The minimum Gasteiger partial charge on any atom is -0.348 e. The molecule has 2 aromatic heterocycles. The van der Waals surface area contributed by atoms with Crippen LogP contribution in [-0.2, 0) is 45.6 Å². The van der Waals surface area contributed by atoms with Crippen LogP contribution in [0.2, 0.25) is 0 Å². The van der Waals surface area contributed by atoms with Crippen LogP contribution in [0.25, 0.3) is 0 Å². The van der Waals surface area contributed by atoms with Gasteiger partial charge in [-0.2, -0.15) is 16.8 Å². The van der Waals surface area contributed by atoms with Gasteiger partial charge < -0.3 is 9.97 Å². The van der Waals surface area contributed by atoms with Crippen LogP contribution in [0.4, 0.5) is 0 Å². The van der Waals surface area contributed by atoms with E-state index in [1.807, 2.05) is 36.4 Å². The highest BCUT2D eigenvalue weighted by Gasteiger charge is 2.26. The van der Waals surface area contributed by atoms with Gasteiger partial charge >= 0.3 is 20.8 Å². The molecule has 2 unspecified atom stereocenters. The normalized spacial score (nSPS) is 13.6. The molecule has 2 N–H and O–H groups in total. The first-order chi connectivity index (χ1) is 20.8. The average molecular weight is 631 g/mol. The summed E-state index contributed by atoms with van der Waals surface area (Å²) in [7, 11) is -9.72. The lowest BCUT2D eigenvalue weighted by Crippen LogP contribution is -2.20. The van der Waals surface area contributed by atoms with Crippen LogP contribution < -0.4 is 0 Å². The number of hydrogen-bond acceptors (Lipinski definition) is 9. The molecule has 0 aliphatic rings. The highest BCUT2D eigenvalue weighted by atomic mass is 32.3. The lowest BCUT2D eigenvalue weighted by molar-refractivity contribution is 0.227. The maximum absolute atomic E-state index is 12.3. The summed E-state index contributed by atoms with van der Waals surface area (Å²) in [5.74, 6) is -0.119. The van der Waals surface area contributed by atoms with Gasteiger partial charge in [-0.1, -0.05) is 60.7 Å². The van der Waals surface area contributed by atoms with Crippen molar-refractivity contribution < 1.29 is 28.8 Å². The third-order valence-corrected chi connectivity index (χ3v) is 9.44. The van der Waals surface area contributed by atoms with Crippen LogP contribution in [-0.4, -0.2) is 50.0 Å². The number of benzene rings is 2. The third-order valence-electron chi connectivity index (χ3n) is 7.19. The molecule has 0 aliphatic heterocycles. The van der Waals surface area contributed by atoms with Crippen molar-refractivity contribution in [2.24, 2.45) is 0 Å². The van der Waals surface area contributed by atoms with Crippen molar-refractivity contribution >= 4 is 20.8 Å². The molecule has 0 saturated heterocycles. The number of aryl methyl sites for hydroxylation is 2. The Morgan fingerprint density at radius 1 is 0.605 bits per heavy atom. The fourth-order valence-corrected chi connectivity index (χ4v) is 6.74. The highest BCUT2D eigenvalue weighted by Crippen LogP contribution is 2.26. The summed E-state index contributed by atoms with van der Waals surface area (Å²) in [4.78, 5) is 14.3. The Morgan fingerprint density at radius 2 is 1.02 bits per heavy atom. The Kier molecular flexibility index (Phi) is 12.5. The molecular weight excluding hydrogens is 592 g/mol. The Bertz CT molecular complexity index is 1410. The summed E-state index contributed by atoms with van der Waals surface area (Å²) in [5, 5.41) is 0. The Hall–Kier alpha value is -3.36. The van der Waals surface area contributed by atoms with E-state index < -0.39 is 20.8 Å². The smallest absolute Gasteiger partial charge is 0.348 e. The van der Waals surface area contributed by atoms with Crippen molar-refractivity contribution in [2.75, 3.05) is 13.2 Å². The molecule has 11 nitrogen and oxygen atoms in total. The van der Waals surface area contributed by atoms with E-state index in [0.29, 0.717) is 12.8 Å². The number of H-pyrrole nitrogens is 2. The van der Waals surface area contributed by atoms with Crippen molar-refractivity contribution in [1.29, 1.82) is 0 Å². The zero-order valence-electron chi connectivity index (χ0n) is 23.9. The number of aromatic nitrogens is 4. The zero-order valence-corrected chi connectivity index (χ0v) is 25.5. The minimum absolute atomic E-state index is 0.0597. The summed E-state index contributed by atoms with van der Waals surface area (Å²) >= 11 is 0. The molecule has 0 aliphatic carbocycles. The van der Waals surface area contributed by atoms with Gasteiger partial charge in [0, 0.05) is 35.6 Å². The fourth-order valence-electron chi connectivity index (χ4n) is 5.01. The SMILES string of the molecule is O=S(=O)(OCCC(CCCc1ccccc1)c1cnc[nH]1)OS(=O)(=O)OCCC(CCCc1ccccc1)c1cnc[nH]1. The van der Waals surface area contributed by atoms with Crippen molar-refractivity contribution in [3.8, 4) is 0 Å². The Balaban J connectivity index is 1.22. The predicted molar refractivity (Wildman–Crippen MR) is 161 cm³/mol. The molecule has 0 spiro atoms. The molecule has 0 saturated carbocycles. The summed E-state index contributed by atoms with van der Waals surface area (Å²) in [5.41, 5.74) is 4.13. The standard InChI is InChI=1S/C30H38N4O7S2/c35-42(36,39-19-17-27(29-21-31-23-33-29)15-7-13-25-9-3-1-4-10-25)41-43(37,38)40-20-18-28(30-22-32-24-34-30)16-8-14-26-11-5-2-6-12-26/h1-6,9-12,21-24,27-28H,7-8,13-20H2,(H,31,33)(H,32,34). The molecule has 0 radical (unpaired) electrons. The Morgan fingerprint density at radius 3 is 1.40 bits per heavy atom. The van der Waals surface area contributed by atoms with Crippen molar-refractivity contribution in [2.45, 2.75) is 63.2 Å². The average Bonchev–Trinajstić information content (AvgIpc) is 3.72. The van der Waals surface area contributed by atoms with Gasteiger partial charge in [-0.3, -0.25) is 0 Å². The second-order valence-corrected chi connectivity index (χ2v) is 12.9. The van der Waals surface area contributed by atoms with Crippen molar-refractivity contribution in [1.82, 2.24) is 19.9 Å². The van der Waals surface area contributed by atoms with Crippen LogP contribution in [0.1, 0.15) is 72.9 Å². The molecule has 2 heterocycles. The second-order valence-electron chi connectivity index (χ2n) is 10.3. The first-order valence-corrected chi connectivity index (χ1v) is 17.0. The lowest BCUT2D eigenvalue weighted by atomic mass is 9.94. The van der Waals surface area contributed by atoms with E-state index in [9.17, 15) is 16.8 Å². The van der Waals surface area contributed by atoms with E-state index in [1.54, 1.807) is 25.0 Å². The first-order valence-electron chi connectivity index (χ1n) is 14.3. The minimum atomic E-state index is -4.86. The van der Waals surface area contributed by atoms with Gasteiger partial charge in [-0.15, -0.1) is 3.63 Å². The molecule has 2 atom stereocenters. The molecule has 4 rings (SSSR count). The van der Waals surface area contributed by atoms with Gasteiger partial charge in [0.15, 0.2) is 0 Å². The van der Waals surface area contributed by atoms with Gasteiger partial charge in [0.25, 0.3) is 0 Å². The summed E-state index contributed by atoms with van der Waals surface area (Å²) < 4.78 is 63.4. The number of imidazole rings is 2. The van der Waals surface area contributed by atoms with Gasteiger partial charge in [0.2, 0.25) is 0 Å². The van der Waals surface area contributed by atoms with E-state index >= 15 is 0 Å². The van der Waals surface area contributed by atoms with Gasteiger partial charge in [-0.25, -0.2) is 18.3 Å². The van der Waals surface area contributed by atoms with E-state index in [1.165, 1.54) is 11.1 Å². The fraction of sp³-hybridized carbons (Fsp3) is 0.400. The first kappa shape index (κ1) is 32.6. The maximum atomic E-state index is 12.3. The molecule has 2 aromatic carbocycles. The number of nitrogens with one attached hydrogen (secondary N) is 2. The molecule has 13 heteroatoms. The van der Waals surface area contributed by atoms with Crippen molar-refractivity contribution in [3.63, 3.8) is 0 Å². The molecule has 4 aromatic rings. The van der Waals surface area contributed by atoms with Crippen LogP contribution >= 0.6 is 0 Å². The molecule has 0 bridgehead atoms. The molecule has 232 valence electrons. The molecular formula is C30H38N4O7S2. The topological polar surface area (TPSA) is 153 Å². The number of hydrogen-bond donors (Lipinski definition) is 2. The van der Waals surface area contributed by atoms with Crippen LogP contribution in [0.5, 0.6) is 0 Å². The highest BCUT2D eigenvalue weighted by molar-refractivity contribution is 7.95. The van der Waals surface area contributed by atoms with E-state index in [2.05, 4.69) is 47.8 Å². The quantitative estimate of drug-likeness (QED) is 0.131. The van der Waals surface area contributed by atoms with E-state index in [0.717, 1.165) is 49.9 Å². The summed E-state index contributed by atoms with van der Waals surface area (Å²) in [6.07, 6.45) is 12.1. The number of nitrogens with zero attached hydrogens (tertiary/aromatic N) is 2. The number of aromatic amines is 2. The lowest BCUT2D eigenvalue weighted by Gasteiger charge is -2.16. The maximum Gasteiger partial charge on any atom is 0.416 e. The monoisotopic (exact) mass is 630 g/mol. The van der Waals surface area contributed by atoms with Crippen LogP contribution in [0, 0.1) is 0 Å². The molecule has 0 amide bonds. The Labute approximate surface area is 253 Å². The van der Waals surface area contributed by atoms with Crippen LogP contribution in [0.15, 0.2) is 85.7 Å². The van der Waals surface area contributed by atoms with Gasteiger partial charge in [0.05, 0.1) is 25.9 Å². The third kappa shape index (κ3) is 11.7. The zero-order chi connectivity index (χ0) is 30.4. The van der Waals surface area contributed by atoms with Crippen LogP contribution in [0.3, 0.4) is 0 Å². The molecule has 0 fully saturated rings. The largest absolute Gasteiger partial charge is 0.416 e. The van der Waals surface area contributed by atoms with E-state index in [4.69, 9.17) is 8.37 Å².